The van der Waals surface area contributed by atoms with E-state index in [-0.39, 0.29) is 5.92 Å². The fourth-order valence-electron chi connectivity index (χ4n) is 0.104. The van der Waals surface area contributed by atoms with Gasteiger partial charge in [-0.05, 0) is 5.75 Å². The predicted octanol–water partition coefficient (Wildman–Crippen LogP) is 2.92. The lowest BCUT2D eigenvalue weighted by atomic mass is 10.3. The second kappa shape index (κ2) is 3.40. The van der Waals surface area contributed by atoms with Crippen LogP contribution in [0.4, 0.5) is 0 Å². The van der Waals surface area contributed by atoms with Crippen molar-refractivity contribution in [1.29, 1.82) is 0 Å². The lowest BCUT2D eigenvalue weighted by Gasteiger charge is -2.16. The first kappa shape index (κ1) is 9.22. The van der Waals surface area contributed by atoms with Gasteiger partial charge in [-0.3, -0.25) is 0 Å². The SMILES string of the molecule is CC(CS)C(Cl)(Cl)Cl. The highest BCUT2D eigenvalue weighted by Gasteiger charge is 2.26. The monoisotopic (exact) mass is 192 g/mol. The van der Waals surface area contributed by atoms with Crippen molar-refractivity contribution in [2.75, 3.05) is 5.75 Å². The summed E-state index contributed by atoms with van der Waals surface area (Å²) in [4.78, 5) is 0. The maximum atomic E-state index is 5.47. The molecule has 0 heterocycles. The summed E-state index contributed by atoms with van der Waals surface area (Å²) in [6.45, 7) is 1.83. The van der Waals surface area contributed by atoms with E-state index >= 15 is 0 Å². The summed E-state index contributed by atoms with van der Waals surface area (Å²) in [5, 5.41) is 0. The summed E-state index contributed by atoms with van der Waals surface area (Å²) >= 11 is 20.4. The van der Waals surface area contributed by atoms with Crippen molar-refractivity contribution < 1.29 is 0 Å². The van der Waals surface area contributed by atoms with Crippen LogP contribution in [0.1, 0.15) is 6.92 Å². The summed E-state index contributed by atoms with van der Waals surface area (Å²) in [5.74, 6) is 0.604. The molecule has 0 saturated carbocycles. The van der Waals surface area contributed by atoms with Gasteiger partial charge in [0.25, 0.3) is 0 Å². The number of alkyl halides is 3. The van der Waals surface area contributed by atoms with Crippen molar-refractivity contribution in [2.45, 2.75) is 10.7 Å². The van der Waals surface area contributed by atoms with Gasteiger partial charge in [0.2, 0.25) is 0 Å². The minimum Gasteiger partial charge on any atom is -0.179 e. The highest BCUT2D eigenvalue weighted by Crippen LogP contribution is 2.34. The van der Waals surface area contributed by atoms with E-state index in [1.807, 2.05) is 6.92 Å². The molecule has 0 fully saturated rings. The fourth-order valence-corrected chi connectivity index (χ4v) is 0.932. The molecule has 0 amide bonds. The average Bonchev–Trinajstić information content (AvgIpc) is 1.62. The molecule has 50 valence electrons. The third-order valence-electron chi connectivity index (χ3n) is 0.833. The summed E-state index contributed by atoms with van der Waals surface area (Å²) in [6, 6.07) is 0. The van der Waals surface area contributed by atoms with Crippen LogP contribution in [0.15, 0.2) is 0 Å². The van der Waals surface area contributed by atoms with E-state index < -0.39 is 3.79 Å². The summed E-state index contributed by atoms with van der Waals surface area (Å²) in [6.07, 6.45) is 0. The Labute approximate surface area is 69.9 Å². The van der Waals surface area contributed by atoms with Gasteiger partial charge in [-0.1, -0.05) is 41.7 Å². The molecule has 0 aliphatic heterocycles. The van der Waals surface area contributed by atoms with Gasteiger partial charge in [0.05, 0.1) is 0 Å². The number of halogens is 3. The van der Waals surface area contributed by atoms with Crippen LogP contribution in [0.3, 0.4) is 0 Å². The molecule has 1 unspecified atom stereocenters. The van der Waals surface area contributed by atoms with E-state index in [2.05, 4.69) is 12.6 Å². The van der Waals surface area contributed by atoms with Gasteiger partial charge in [0, 0.05) is 5.92 Å². The number of rotatable bonds is 1. The van der Waals surface area contributed by atoms with Gasteiger partial charge in [-0.2, -0.15) is 12.6 Å². The molecule has 8 heavy (non-hydrogen) atoms. The van der Waals surface area contributed by atoms with Gasteiger partial charge >= 0.3 is 0 Å². The first-order valence-corrected chi connectivity index (χ1v) is 3.92. The zero-order valence-electron chi connectivity index (χ0n) is 4.37. The quantitative estimate of drug-likeness (QED) is 0.480. The first-order chi connectivity index (χ1) is 3.48. The van der Waals surface area contributed by atoms with Gasteiger partial charge in [0.1, 0.15) is 0 Å². The maximum Gasteiger partial charge on any atom is 0.193 e. The maximum absolute atomic E-state index is 5.47. The van der Waals surface area contributed by atoms with Crippen LogP contribution in [0, 0.1) is 5.92 Å². The molecule has 0 aromatic rings. The van der Waals surface area contributed by atoms with Crippen molar-refractivity contribution in [3.8, 4) is 0 Å². The third kappa shape index (κ3) is 3.29. The predicted molar refractivity (Wildman–Crippen MR) is 43.3 cm³/mol. The molecule has 0 aliphatic rings. The summed E-state index contributed by atoms with van der Waals surface area (Å²) in [5.41, 5.74) is 0. The smallest absolute Gasteiger partial charge is 0.179 e. The largest absolute Gasteiger partial charge is 0.193 e. The van der Waals surface area contributed by atoms with Crippen molar-refractivity contribution in [3.05, 3.63) is 0 Å². The Kier molecular flexibility index (Phi) is 3.92. The zero-order chi connectivity index (χ0) is 6.78. The van der Waals surface area contributed by atoms with Crippen LogP contribution in [0.5, 0.6) is 0 Å². The Morgan fingerprint density at radius 1 is 1.50 bits per heavy atom. The highest BCUT2D eigenvalue weighted by molar-refractivity contribution is 7.80. The minimum atomic E-state index is -1.15. The Hall–Kier alpha value is 1.22. The average molecular weight is 194 g/mol. The first-order valence-electron chi connectivity index (χ1n) is 2.16. The molecular weight excluding hydrogens is 186 g/mol. The molecule has 0 aliphatic carbocycles. The molecule has 1 atom stereocenters. The van der Waals surface area contributed by atoms with Crippen molar-refractivity contribution in [1.82, 2.24) is 0 Å². The molecule has 0 aromatic carbocycles. The fraction of sp³-hybridized carbons (Fsp3) is 1.00. The van der Waals surface area contributed by atoms with Gasteiger partial charge in [-0.25, -0.2) is 0 Å². The van der Waals surface area contributed by atoms with Gasteiger partial charge in [-0.15, -0.1) is 0 Å². The number of thiol groups is 1. The Morgan fingerprint density at radius 3 is 1.88 bits per heavy atom. The third-order valence-corrected chi connectivity index (χ3v) is 2.50. The Bertz CT molecular complexity index is 68.2. The standard InChI is InChI=1S/C4H7Cl3S/c1-3(2-8)4(5,6)7/h3,8H,2H2,1H3. The van der Waals surface area contributed by atoms with Crippen LogP contribution >= 0.6 is 47.4 Å². The lowest BCUT2D eigenvalue weighted by Crippen LogP contribution is -2.16. The molecule has 0 radical (unpaired) electrons. The number of hydrogen-bond donors (Lipinski definition) is 1. The van der Waals surface area contributed by atoms with Crippen molar-refractivity contribution in [3.63, 3.8) is 0 Å². The highest BCUT2D eigenvalue weighted by atomic mass is 35.6. The number of hydrogen-bond acceptors (Lipinski definition) is 1. The summed E-state index contributed by atoms with van der Waals surface area (Å²) < 4.78 is -1.15. The van der Waals surface area contributed by atoms with Crippen LogP contribution < -0.4 is 0 Å². The van der Waals surface area contributed by atoms with Crippen LogP contribution in [0.25, 0.3) is 0 Å². The van der Waals surface area contributed by atoms with E-state index in [4.69, 9.17) is 34.8 Å². The minimum absolute atomic E-state index is 0.0100. The molecule has 0 saturated heterocycles. The second-order valence-electron chi connectivity index (χ2n) is 1.63. The van der Waals surface area contributed by atoms with Crippen molar-refractivity contribution >= 4 is 47.4 Å². The van der Waals surface area contributed by atoms with E-state index in [1.54, 1.807) is 0 Å². The van der Waals surface area contributed by atoms with E-state index in [0.29, 0.717) is 5.75 Å². The van der Waals surface area contributed by atoms with Gasteiger partial charge in [0.15, 0.2) is 3.79 Å². The molecule has 0 spiro atoms. The molecule has 4 heteroatoms. The van der Waals surface area contributed by atoms with E-state index in [1.165, 1.54) is 0 Å². The molecular formula is C4H7Cl3S. The van der Waals surface area contributed by atoms with Crippen LogP contribution in [0.2, 0.25) is 0 Å². The van der Waals surface area contributed by atoms with Crippen LogP contribution in [-0.2, 0) is 0 Å². The Balaban J connectivity index is 3.62. The van der Waals surface area contributed by atoms with Crippen molar-refractivity contribution in [2.24, 2.45) is 5.92 Å². The second-order valence-corrected chi connectivity index (χ2v) is 4.36. The molecule has 0 aromatic heterocycles. The topological polar surface area (TPSA) is 0 Å². The molecule has 0 nitrogen and oxygen atoms in total. The van der Waals surface area contributed by atoms with E-state index in [9.17, 15) is 0 Å². The normalized spacial score (nSPS) is 16.1. The lowest BCUT2D eigenvalue weighted by molar-refractivity contribution is 0.684. The molecule has 0 N–H and O–H groups in total. The van der Waals surface area contributed by atoms with E-state index in [0.717, 1.165) is 0 Å². The summed E-state index contributed by atoms with van der Waals surface area (Å²) in [7, 11) is 0. The molecule has 0 bridgehead atoms. The zero-order valence-corrected chi connectivity index (χ0v) is 7.53. The van der Waals surface area contributed by atoms with Crippen LogP contribution in [-0.4, -0.2) is 9.55 Å². The molecule has 0 rings (SSSR count). The van der Waals surface area contributed by atoms with Gasteiger partial charge < -0.3 is 0 Å². The Morgan fingerprint density at radius 2 is 1.88 bits per heavy atom.